The molecule has 6 heteroatoms. The minimum Gasteiger partial charge on any atom is -0.465 e. The Morgan fingerprint density at radius 2 is 1.88 bits per heavy atom. The monoisotopic (exact) mass is 272 g/mol. The minimum absolute atomic E-state index is 0.203. The summed E-state index contributed by atoms with van der Waals surface area (Å²) in [6.45, 7) is 2.12. The van der Waals surface area contributed by atoms with Gasteiger partial charge in [0.05, 0.1) is 0 Å². The molecular weight excluding hydrogens is 253 g/mol. The van der Waals surface area contributed by atoms with Crippen LogP contribution in [0.3, 0.4) is 0 Å². The van der Waals surface area contributed by atoms with E-state index in [4.69, 9.17) is 4.74 Å². The fraction of sp³-hybridized carbons (Fsp3) is 0.909. The van der Waals surface area contributed by atoms with Crippen LogP contribution in [0.15, 0.2) is 0 Å². The summed E-state index contributed by atoms with van der Waals surface area (Å²) in [6, 6.07) is 0. The Morgan fingerprint density at radius 3 is 2.47 bits per heavy atom. The number of rotatable bonds is 9. The maximum atomic E-state index is 11.8. The molecule has 17 heavy (non-hydrogen) atoms. The first-order valence-corrected chi connectivity index (χ1v) is 6.91. The summed E-state index contributed by atoms with van der Waals surface area (Å²) in [5.74, 6) is 1.32. The zero-order chi connectivity index (χ0) is 13.1. The summed E-state index contributed by atoms with van der Waals surface area (Å²) in [6.07, 6.45) is -2.76. The maximum Gasteiger partial charge on any atom is 0.389 e. The van der Waals surface area contributed by atoms with Gasteiger partial charge in [-0.2, -0.15) is 24.9 Å². The van der Waals surface area contributed by atoms with E-state index in [-0.39, 0.29) is 12.4 Å². The van der Waals surface area contributed by atoms with Crippen molar-refractivity contribution in [3.63, 3.8) is 0 Å². The first-order chi connectivity index (χ1) is 7.95. The van der Waals surface area contributed by atoms with E-state index in [1.54, 1.807) is 18.7 Å². The molecule has 0 aliphatic carbocycles. The van der Waals surface area contributed by atoms with Gasteiger partial charge in [0.1, 0.15) is 6.61 Å². The van der Waals surface area contributed by atoms with E-state index >= 15 is 0 Å². The van der Waals surface area contributed by atoms with E-state index in [0.29, 0.717) is 25.2 Å². The van der Waals surface area contributed by atoms with Gasteiger partial charge in [-0.3, -0.25) is 4.79 Å². The van der Waals surface area contributed by atoms with Crippen molar-refractivity contribution in [2.75, 3.05) is 18.1 Å². The molecule has 0 heterocycles. The number of hydrogen-bond acceptors (Lipinski definition) is 3. The van der Waals surface area contributed by atoms with E-state index in [9.17, 15) is 18.0 Å². The number of esters is 1. The molecule has 0 rings (SSSR count). The number of carbonyl (C=O) groups is 1. The van der Waals surface area contributed by atoms with Crippen molar-refractivity contribution >= 4 is 17.7 Å². The van der Waals surface area contributed by atoms with Gasteiger partial charge in [-0.05, 0) is 18.6 Å². The van der Waals surface area contributed by atoms with Crippen LogP contribution in [0.2, 0.25) is 0 Å². The molecule has 0 saturated heterocycles. The molecule has 0 atom stereocenters. The molecule has 0 aromatic heterocycles. The number of unbranched alkanes of at least 4 members (excludes halogenated alkanes) is 2. The Balaban J connectivity index is 3.12. The second-order valence-corrected chi connectivity index (χ2v) is 4.84. The highest BCUT2D eigenvalue weighted by Crippen LogP contribution is 2.22. The summed E-state index contributed by atoms with van der Waals surface area (Å²) in [4.78, 5) is 10.7. The van der Waals surface area contributed by atoms with Crippen LogP contribution in [0.4, 0.5) is 13.2 Å². The van der Waals surface area contributed by atoms with Gasteiger partial charge in [0.2, 0.25) is 0 Å². The first-order valence-electron chi connectivity index (χ1n) is 5.76. The zero-order valence-corrected chi connectivity index (χ0v) is 10.8. The highest BCUT2D eigenvalue weighted by Gasteiger charge is 2.25. The molecule has 0 fully saturated rings. The molecule has 0 aliphatic rings. The fourth-order valence-electron chi connectivity index (χ4n) is 1.12. The summed E-state index contributed by atoms with van der Waals surface area (Å²) in [7, 11) is 0. The van der Waals surface area contributed by atoms with E-state index in [0.717, 1.165) is 12.2 Å². The molecule has 0 radical (unpaired) electrons. The molecule has 0 N–H and O–H groups in total. The third kappa shape index (κ3) is 13.5. The third-order valence-corrected chi connectivity index (χ3v) is 3.06. The largest absolute Gasteiger partial charge is 0.465 e. The van der Waals surface area contributed by atoms with Crippen LogP contribution < -0.4 is 0 Å². The molecule has 0 amide bonds. The number of hydrogen-bond donors (Lipinski definition) is 0. The Bertz CT molecular complexity index is 207. The van der Waals surface area contributed by atoms with Gasteiger partial charge in [-0.1, -0.05) is 13.3 Å². The van der Waals surface area contributed by atoms with E-state index < -0.39 is 12.6 Å². The molecule has 2 nitrogen and oxygen atoms in total. The number of carbonyl (C=O) groups excluding carboxylic acids is 1. The van der Waals surface area contributed by atoms with Gasteiger partial charge in [0, 0.05) is 18.6 Å². The summed E-state index contributed by atoms with van der Waals surface area (Å²) in [5.41, 5.74) is 0. The van der Waals surface area contributed by atoms with Crippen molar-refractivity contribution in [1.82, 2.24) is 0 Å². The molecule has 0 aliphatic heterocycles. The van der Waals surface area contributed by atoms with E-state index in [1.165, 1.54) is 0 Å². The van der Waals surface area contributed by atoms with Crippen molar-refractivity contribution in [2.45, 2.75) is 45.2 Å². The maximum absolute atomic E-state index is 11.8. The molecule has 0 bridgehead atoms. The third-order valence-electron chi connectivity index (χ3n) is 2.03. The van der Waals surface area contributed by atoms with Crippen LogP contribution in [-0.2, 0) is 9.53 Å². The molecule has 0 aromatic rings. The predicted molar refractivity (Wildman–Crippen MR) is 63.1 cm³/mol. The second kappa shape index (κ2) is 9.62. The van der Waals surface area contributed by atoms with Crippen LogP contribution in [0.1, 0.15) is 39.0 Å². The molecule has 0 aromatic carbocycles. The average molecular weight is 272 g/mol. The summed E-state index contributed by atoms with van der Waals surface area (Å²) in [5, 5.41) is 0. The Morgan fingerprint density at radius 1 is 1.18 bits per heavy atom. The van der Waals surface area contributed by atoms with Gasteiger partial charge >= 0.3 is 12.1 Å². The average Bonchev–Trinajstić information content (AvgIpc) is 2.25. The highest BCUT2D eigenvalue weighted by molar-refractivity contribution is 7.99. The SMILES string of the molecule is CCC(=O)OCCSCCCCCC(F)(F)F. The summed E-state index contributed by atoms with van der Waals surface area (Å²) >= 11 is 1.61. The van der Waals surface area contributed by atoms with E-state index in [1.807, 2.05) is 0 Å². The van der Waals surface area contributed by atoms with Gasteiger partial charge in [0.25, 0.3) is 0 Å². The lowest BCUT2D eigenvalue weighted by Gasteiger charge is -2.05. The number of halogens is 3. The quantitative estimate of drug-likeness (QED) is 0.472. The minimum atomic E-state index is -4.03. The lowest BCUT2D eigenvalue weighted by molar-refractivity contribution is -0.142. The van der Waals surface area contributed by atoms with Crippen LogP contribution in [-0.4, -0.2) is 30.3 Å². The Kier molecular flexibility index (Phi) is 9.40. The second-order valence-electron chi connectivity index (χ2n) is 3.61. The van der Waals surface area contributed by atoms with Crippen molar-refractivity contribution in [3.05, 3.63) is 0 Å². The lowest BCUT2D eigenvalue weighted by atomic mass is 10.2. The van der Waals surface area contributed by atoms with Crippen LogP contribution >= 0.6 is 11.8 Å². The number of thioether (sulfide) groups is 1. The van der Waals surface area contributed by atoms with Gasteiger partial charge in [0.15, 0.2) is 0 Å². The zero-order valence-electron chi connectivity index (χ0n) is 10.0. The van der Waals surface area contributed by atoms with Crippen molar-refractivity contribution in [3.8, 4) is 0 Å². The molecular formula is C11H19F3O2S. The first kappa shape index (κ1) is 16.6. The van der Waals surface area contributed by atoms with Crippen molar-refractivity contribution < 1.29 is 22.7 Å². The predicted octanol–water partition coefficient (Wildman–Crippen LogP) is 3.80. The number of ether oxygens (including phenoxy) is 1. The van der Waals surface area contributed by atoms with E-state index in [2.05, 4.69) is 0 Å². The summed E-state index contributed by atoms with van der Waals surface area (Å²) < 4.78 is 40.2. The van der Waals surface area contributed by atoms with Crippen LogP contribution in [0.5, 0.6) is 0 Å². The standard InChI is InChI=1S/C11H19F3O2S/c1-2-10(15)16-7-9-17-8-5-3-4-6-11(12,13)14/h2-9H2,1H3. The molecule has 0 unspecified atom stereocenters. The van der Waals surface area contributed by atoms with Gasteiger partial charge < -0.3 is 4.74 Å². The van der Waals surface area contributed by atoms with Crippen LogP contribution in [0, 0.1) is 0 Å². The highest BCUT2D eigenvalue weighted by atomic mass is 32.2. The Labute approximate surface area is 104 Å². The molecule has 0 saturated carbocycles. The number of alkyl halides is 3. The smallest absolute Gasteiger partial charge is 0.389 e. The van der Waals surface area contributed by atoms with Gasteiger partial charge in [-0.15, -0.1) is 0 Å². The normalized spacial score (nSPS) is 11.5. The van der Waals surface area contributed by atoms with Gasteiger partial charge in [-0.25, -0.2) is 0 Å². The Hall–Kier alpha value is -0.390. The fourth-order valence-corrected chi connectivity index (χ4v) is 1.94. The van der Waals surface area contributed by atoms with Crippen LogP contribution in [0.25, 0.3) is 0 Å². The topological polar surface area (TPSA) is 26.3 Å². The molecule has 0 spiro atoms. The lowest BCUT2D eigenvalue weighted by Crippen LogP contribution is -2.06. The van der Waals surface area contributed by atoms with Crippen molar-refractivity contribution in [1.29, 1.82) is 0 Å². The molecule has 102 valence electrons. The van der Waals surface area contributed by atoms with Crippen molar-refractivity contribution in [2.24, 2.45) is 0 Å².